The first kappa shape index (κ1) is 11.9. The van der Waals surface area contributed by atoms with E-state index in [1.807, 2.05) is 0 Å². The van der Waals surface area contributed by atoms with Gasteiger partial charge in [-0.2, -0.15) is 5.26 Å². The number of carbonyl (C=O) groups excluding carboxylic acids is 1. The van der Waals surface area contributed by atoms with E-state index >= 15 is 0 Å². The summed E-state index contributed by atoms with van der Waals surface area (Å²) < 4.78 is 0. The lowest BCUT2D eigenvalue weighted by Gasteiger charge is -1.95. The van der Waals surface area contributed by atoms with Crippen LogP contribution in [0, 0.1) is 0 Å². The van der Waals surface area contributed by atoms with Gasteiger partial charge in [0.15, 0.2) is 0 Å². The SMILES string of the molecule is CN.O=C(OO)c1cccc(Cl)c1. The van der Waals surface area contributed by atoms with Gasteiger partial charge < -0.3 is 5.73 Å². The largest absolute Gasteiger partial charge is 0.372 e. The van der Waals surface area contributed by atoms with E-state index in [9.17, 15) is 4.79 Å². The van der Waals surface area contributed by atoms with Crippen LogP contribution < -0.4 is 5.73 Å². The first-order chi connectivity index (χ1) is 6.24. The van der Waals surface area contributed by atoms with Gasteiger partial charge in [0.1, 0.15) is 0 Å². The summed E-state index contributed by atoms with van der Waals surface area (Å²) in [5.41, 5.74) is 4.72. The Morgan fingerprint density at radius 2 is 2.15 bits per heavy atom. The van der Waals surface area contributed by atoms with E-state index in [1.54, 1.807) is 12.1 Å². The first-order valence-corrected chi connectivity index (χ1v) is 3.81. The molecule has 1 aromatic carbocycles. The van der Waals surface area contributed by atoms with Crippen LogP contribution in [0.25, 0.3) is 0 Å². The molecule has 0 aromatic heterocycles. The third-order valence-corrected chi connectivity index (χ3v) is 1.38. The fourth-order valence-electron chi connectivity index (χ4n) is 0.668. The molecule has 4 nitrogen and oxygen atoms in total. The van der Waals surface area contributed by atoms with Crippen molar-refractivity contribution in [2.45, 2.75) is 0 Å². The van der Waals surface area contributed by atoms with Gasteiger partial charge in [0, 0.05) is 5.02 Å². The summed E-state index contributed by atoms with van der Waals surface area (Å²) in [5.74, 6) is -0.813. The van der Waals surface area contributed by atoms with Crippen molar-refractivity contribution >= 4 is 17.6 Å². The summed E-state index contributed by atoms with van der Waals surface area (Å²) in [7, 11) is 1.50. The molecule has 0 radical (unpaired) electrons. The molecule has 1 aromatic rings. The molecule has 0 aliphatic carbocycles. The molecule has 13 heavy (non-hydrogen) atoms. The fourth-order valence-corrected chi connectivity index (χ4v) is 0.858. The first-order valence-electron chi connectivity index (χ1n) is 3.43. The topological polar surface area (TPSA) is 72.6 Å². The van der Waals surface area contributed by atoms with E-state index < -0.39 is 5.97 Å². The molecule has 0 atom stereocenters. The molecule has 0 saturated heterocycles. The molecule has 0 fully saturated rings. The second-order valence-electron chi connectivity index (χ2n) is 1.89. The van der Waals surface area contributed by atoms with Crippen LogP contribution in [0.3, 0.4) is 0 Å². The summed E-state index contributed by atoms with van der Waals surface area (Å²) >= 11 is 5.56. The lowest BCUT2D eigenvalue weighted by molar-refractivity contribution is -0.182. The highest BCUT2D eigenvalue weighted by Gasteiger charge is 2.05. The molecular weight excluding hydrogens is 194 g/mol. The average Bonchev–Trinajstić information content (AvgIpc) is 2.20. The molecule has 5 heteroatoms. The predicted molar refractivity (Wildman–Crippen MR) is 49.6 cm³/mol. The Hall–Kier alpha value is -1.10. The van der Waals surface area contributed by atoms with Crippen molar-refractivity contribution in [2.75, 3.05) is 7.05 Å². The van der Waals surface area contributed by atoms with E-state index in [2.05, 4.69) is 10.6 Å². The average molecular weight is 204 g/mol. The normalized spacial score (nSPS) is 8.31. The second-order valence-corrected chi connectivity index (χ2v) is 2.33. The lowest BCUT2D eigenvalue weighted by atomic mass is 10.2. The molecule has 1 rings (SSSR count). The number of hydrogen-bond acceptors (Lipinski definition) is 4. The minimum atomic E-state index is -0.813. The smallest absolute Gasteiger partial charge is 0.333 e. The molecule has 0 spiro atoms. The van der Waals surface area contributed by atoms with Crippen molar-refractivity contribution in [2.24, 2.45) is 5.73 Å². The van der Waals surface area contributed by atoms with Crippen molar-refractivity contribution in [3.63, 3.8) is 0 Å². The van der Waals surface area contributed by atoms with Crippen LogP contribution in [-0.4, -0.2) is 18.3 Å². The van der Waals surface area contributed by atoms with Crippen LogP contribution in [0.5, 0.6) is 0 Å². The maximum absolute atomic E-state index is 10.6. The summed E-state index contributed by atoms with van der Waals surface area (Å²) in [6.07, 6.45) is 0. The molecule has 0 saturated carbocycles. The highest BCUT2D eigenvalue weighted by Crippen LogP contribution is 2.10. The van der Waals surface area contributed by atoms with Crippen molar-refractivity contribution in [1.82, 2.24) is 0 Å². The zero-order chi connectivity index (χ0) is 10.3. The number of rotatable bonds is 1. The molecular formula is C8H10ClNO3. The Labute approximate surface area is 80.8 Å². The summed E-state index contributed by atoms with van der Waals surface area (Å²) in [6, 6.07) is 6.11. The number of hydrogen-bond donors (Lipinski definition) is 2. The van der Waals surface area contributed by atoms with Gasteiger partial charge in [0.05, 0.1) is 5.56 Å². The summed E-state index contributed by atoms with van der Waals surface area (Å²) in [6.45, 7) is 0. The standard InChI is InChI=1S/C7H5ClO3.CH5N/c8-6-3-1-2-5(4-6)7(9)11-10;1-2/h1-4,10H;2H2,1H3. The maximum Gasteiger partial charge on any atom is 0.372 e. The van der Waals surface area contributed by atoms with Gasteiger partial charge >= 0.3 is 5.97 Å². The van der Waals surface area contributed by atoms with Gasteiger partial charge in [-0.25, -0.2) is 4.79 Å². The molecule has 0 aliphatic rings. The van der Waals surface area contributed by atoms with Crippen LogP contribution in [0.15, 0.2) is 24.3 Å². The van der Waals surface area contributed by atoms with E-state index in [4.69, 9.17) is 16.9 Å². The van der Waals surface area contributed by atoms with E-state index in [0.717, 1.165) is 0 Å². The van der Waals surface area contributed by atoms with E-state index in [-0.39, 0.29) is 5.56 Å². The zero-order valence-electron chi connectivity index (χ0n) is 7.03. The summed E-state index contributed by atoms with van der Waals surface area (Å²) in [5, 5.41) is 8.41. The molecule has 3 N–H and O–H groups in total. The van der Waals surface area contributed by atoms with Crippen molar-refractivity contribution < 1.29 is 14.9 Å². The Morgan fingerprint density at radius 1 is 1.54 bits per heavy atom. The molecule has 72 valence electrons. The van der Waals surface area contributed by atoms with Crippen LogP contribution in [-0.2, 0) is 4.89 Å². The molecule has 0 amide bonds. The van der Waals surface area contributed by atoms with Gasteiger partial charge in [0.2, 0.25) is 0 Å². The predicted octanol–water partition coefficient (Wildman–Crippen LogP) is 1.54. The lowest BCUT2D eigenvalue weighted by Crippen LogP contribution is -2.00. The van der Waals surface area contributed by atoms with Crippen molar-refractivity contribution in [3.05, 3.63) is 34.9 Å². The molecule has 0 heterocycles. The fraction of sp³-hybridized carbons (Fsp3) is 0.125. The quantitative estimate of drug-likeness (QED) is 0.537. The van der Waals surface area contributed by atoms with E-state index in [0.29, 0.717) is 5.02 Å². The van der Waals surface area contributed by atoms with Crippen LogP contribution in [0.4, 0.5) is 0 Å². The maximum atomic E-state index is 10.6. The number of benzene rings is 1. The second kappa shape index (κ2) is 6.42. The van der Waals surface area contributed by atoms with Gasteiger partial charge in [-0.3, -0.25) is 4.89 Å². The third kappa shape index (κ3) is 3.89. The van der Waals surface area contributed by atoms with E-state index in [1.165, 1.54) is 19.2 Å². The highest BCUT2D eigenvalue weighted by molar-refractivity contribution is 6.30. The van der Waals surface area contributed by atoms with Crippen LogP contribution >= 0.6 is 11.6 Å². The Kier molecular flexibility index (Phi) is 5.88. The number of nitrogens with two attached hydrogens (primary N) is 1. The van der Waals surface area contributed by atoms with Gasteiger partial charge in [0.25, 0.3) is 0 Å². The Balaban J connectivity index is 0.000000671. The minimum Gasteiger partial charge on any atom is -0.333 e. The third-order valence-electron chi connectivity index (χ3n) is 1.14. The number of halogens is 1. The monoisotopic (exact) mass is 203 g/mol. The van der Waals surface area contributed by atoms with Crippen molar-refractivity contribution in [1.29, 1.82) is 0 Å². The van der Waals surface area contributed by atoms with Crippen molar-refractivity contribution in [3.8, 4) is 0 Å². The van der Waals surface area contributed by atoms with Crippen LogP contribution in [0.1, 0.15) is 10.4 Å². The Bertz CT molecular complexity index is 278. The summed E-state index contributed by atoms with van der Waals surface area (Å²) in [4.78, 5) is 14.1. The van der Waals surface area contributed by atoms with Gasteiger partial charge in [-0.1, -0.05) is 17.7 Å². The van der Waals surface area contributed by atoms with Gasteiger partial charge in [-0.15, -0.1) is 0 Å². The molecule has 0 bridgehead atoms. The molecule has 0 unspecified atom stereocenters. The Morgan fingerprint density at radius 3 is 2.62 bits per heavy atom. The highest BCUT2D eigenvalue weighted by atomic mass is 35.5. The van der Waals surface area contributed by atoms with Gasteiger partial charge in [-0.05, 0) is 25.2 Å². The number of carbonyl (C=O) groups is 1. The minimum absolute atomic E-state index is 0.222. The van der Waals surface area contributed by atoms with Crippen LogP contribution in [0.2, 0.25) is 5.02 Å². The zero-order valence-corrected chi connectivity index (χ0v) is 7.78. The molecule has 0 aliphatic heterocycles.